The van der Waals surface area contributed by atoms with Gasteiger partial charge in [0, 0.05) is 13.1 Å². The first-order valence-corrected chi connectivity index (χ1v) is 9.57. The predicted molar refractivity (Wildman–Crippen MR) is 107 cm³/mol. The fraction of sp³-hybridized carbons (Fsp3) is 0.737. The molecule has 0 amide bonds. The van der Waals surface area contributed by atoms with Gasteiger partial charge in [0.1, 0.15) is 25.2 Å². The molecule has 2 N–H and O–H groups in total. The van der Waals surface area contributed by atoms with E-state index in [0.717, 1.165) is 19.1 Å². The number of nitro groups is 1. The van der Waals surface area contributed by atoms with E-state index in [4.69, 9.17) is 0 Å². The summed E-state index contributed by atoms with van der Waals surface area (Å²) in [5.74, 6) is -0.517. The van der Waals surface area contributed by atoms with Crippen molar-refractivity contribution in [3.8, 4) is 0 Å². The summed E-state index contributed by atoms with van der Waals surface area (Å²) in [4.78, 5) is 38.0. The van der Waals surface area contributed by atoms with Crippen LogP contribution >= 0.6 is 0 Å². The second-order valence-corrected chi connectivity index (χ2v) is 8.41. The van der Waals surface area contributed by atoms with Gasteiger partial charge in [0.05, 0.1) is 11.1 Å². The molecule has 0 aliphatic rings. The molecule has 9 heteroatoms. The number of nitrogens with zero attached hydrogens (tertiary/aromatic N) is 3. The topological polar surface area (TPSA) is 119 Å². The van der Waals surface area contributed by atoms with Gasteiger partial charge in [-0.05, 0) is 50.9 Å². The molecule has 1 aromatic heterocycles. The highest BCUT2D eigenvalue weighted by molar-refractivity contribution is 5.87. The summed E-state index contributed by atoms with van der Waals surface area (Å²) in [6.07, 6.45) is 5.37. The lowest BCUT2D eigenvalue weighted by molar-refractivity contribution is -0.396. The van der Waals surface area contributed by atoms with Crippen molar-refractivity contribution in [2.75, 3.05) is 13.1 Å². The Morgan fingerprint density at radius 1 is 1.21 bits per heavy atom. The van der Waals surface area contributed by atoms with Crippen molar-refractivity contribution in [1.29, 1.82) is 0 Å². The smallest absolute Gasteiger partial charge is 0.390 e. The SMILES string of the molecule is CCC(CC)(CNC(C)(C)C=O)CNC(C)(C)C(=O)Cn1ccnc1[N+](=O)[O-]. The van der Waals surface area contributed by atoms with Gasteiger partial charge in [-0.1, -0.05) is 18.8 Å². The molecule has 1 rings (SSSR count). The maximum absolute atomic E-state index is 12.8. The highest BCUT2D eigenvalue weighted by Crippen LogP contribution is 2.26. The maximum atomic E-state index is 12.8. The first-order valence-electron chi connectivity index (χ1n) is 9.57. The van der Waals surface area contributed by atoms with E-state index in [0.29, 0.717) is 13.1 Å². The molecule has 0 aliphatic heterocycles. The van der Waals surface area contributed by atoms with Gasteiger partial charge >= 0.3 is 5.95 Å². The average molecular weight is 396 g/mol. The summed E-state index contributed by atoms with van der Waals surface area (Å²) in [5, 5.41) is 17.6. The van der Waals surface area contributed by atoms with Crippen molar-refractivity contribution < 1.29 is 14.5 Å². The van der Waals surface area contributed by atoms with Crippen LogP contribution in [0.2, 0.25) is 0 Å². The molecule has 9 nitrogen and oxygen atoms in total. The Labute approximate surface area is 166 Å². The lowest BCUT2D eigenvalue weighted by atomic mass is 9.80. The second kappa shape index (κ2) is 9.38. The fourth-order valence-electron chi connectivity index (χ4n) is 2.73. The summed E-state index contributed by atoms with van der Waals surface area (Å²) in [7, 11) is 0. The van der Waals surface area contributed by atoms with Crippen LogP contribution in [0.15, 0.2) is 12.4 Å². The zero-order chi connectivity index (χ0) is 21.6. The van der Waals surface area contributed by atoms with Crippen LogP contribution in [0.4, 0.5) is 5.95 Å². The third-order valence-electron chi connectivity index (χ3n) is 5.49. The third-order valence-corrected chi connectivity index (χ3v) is 5.49. The normalized spacial score (nSPS) is 12.8. The minimum absolute atomic E-state index is 0.126. The second-order valence-electron chi connectivity index (χ2n) is 8.41. The molecule has 0 saturated heterocycles. The van der Waals surface area contributed by atoms with Crippen molar-refractivity contribution in [2.24, 2.45) is 5.41 Å². The molecule has 28 heavy (non-hydrogen) atoms. The molecule has 0 spiro atoms. The molecule has 1 aromatic rings. The number of hydrogen-bond acceptors (Lipinski definition) is 7. The number of rotatable bonds is 13. The highest BCUT2D eigenvalue weighted by atomic mass is 16.6. The Bertz CT molecular complexity index is 692. The van der Waals surface area contributed by atoms with E-state index < -0.39 is 16.0 Å². The minimum atomic E-state index is -0.867. The van der Waals surface area contributed by atoms with Crippen LogP contribution < -0.4 is 10.6 Å². The molecule has 1 heterocycles. The molecule has 0 fully saturated rings. The zero-order valence-corrected chi connectivity index (χ0v) is 17.7. The van der Waals surface area contributed by atoms with Gasteiger partial charge in [-0.3, -0.25) is 4.79 Å². The molecular weight excluding hydrogens is 362 g/mol. The van der Waals surface area contributed by atoms with Crippen molar-refractivity contribution in [3.63, 3.8) is 0 Å². The third kappa shape index (κ3) is 6.20. The van der Waals surface area contributed by atoms with Gasteiger partial charge in [0.25, 0.3) is 0 Å². The predicted octanol–water partition coefficient (Wildman–Crippen LogP) is 2.10. The number of nitrogens with one attached hydrogen (secondary N) is 2. The molecule has 158 valence electrons. The van der Waals surface area contributed by atoms with E-state index >= 15 is 0 Å². The van der Waals surface area contributed by atoms with E-state index in [1.54, 1.807) is 13.8 Å². The number of aromatic nitrogens is 2. The van der Waals surface area contributed by atoms with Crippen LogP contribution in [-0.2, 0) is 16.1 Å². The Hall–Kier alpha value is -2.13. The molecule has 0 bridgehead atoms. The van der Waals surface area contributed by atoms with Crippen LogP contribution in [0.25, 0.3) is 0 Å². The molecule has 0 unspecified atom stereocenters. The highest BCUT2D eigenvalue weighted by Gasteiger charge is 2.35. The number of hydrogen-bond donors (Lipinski definition) is 2. The van der Waals surface area contributed by atoms with E-state index in [9.17, 15) is 19.7 Å². The number of ketones is 1. The summed E-state index contributed by atoms with van der Waals surface area (Å²) >= 11 is 0. The Kier molecular flexibility index (Phi) is 8.01. The summed E-state index contributed by atoms with van der Waals surface area (Å²) in [6, 6.07) is 0. The van der Waals surface area contributed by atoms with Crippen molar-refractivity contribution in [3.05, 3.63) is 22.5 Å². The van der Waals surface area contributed by atoms with Crippen molar-refractivity contribution in [2.45, 2.75) is 72.0 Å². The van der Waals surface area contributed by atoms with Crippen molar-refractivity contribution >= 4 is 18.0 Å². The van der Waals surface area contributed by atoms with E-state index in [1.165, 1.54) is 17.0 Å². The van der Waals surface area contributed by atoms with Crippen LogP contribution in [0.1, 0.15) is 54.4 Å². The number of carbonyl (C=O) groups is 2. The van der Waals surface area contributed by atoms with E-state index in [-0.39, 0.29) is 23.7 Å². The number of aldehydes is 1. The number of carbonyl (C=O) groups excluding carboxylic acids is 2. The van der Waals surface area contributed by atoms with Gasteiger partial charge < -0.3 is 25.5 Å². The van der Waals surface area contributed by atoms with Gasteiger partial charge in [0.15, 0.2) is 5.78 Å². The number of imidazole rings is 1. The van der Waals surface area contributed by atoms with Crippen LogP contribution in [0.3, 0.4) is 0 Å². The fourth-order valence-corrected chi connectivity index (χ4v) is 2.73. The Morgan fingerprint density at radius 2 is 1.79 bits per heavy atom. The monoisotopic (exact) mass is 395 g/mol. The maximum Gasteiger partial charge on any atom is 0.434 e. The Balaban J connectivity index is 2.81. The lowest BCUT2D eigenvalue weighted by Gasteiger charge is -2.38. The first kappa shape index (κ1) is 23.9. The average Bonchev–Trinajstić information content (AvgIpc) is 3.11. The molecule has 0 atom stereocenters. The minimum Gasteiger partial charge on any atom is -0.390 e. The van der Waals surface area contributed by atoms with Crippen molar-refractivity contribution in [1.82, 2.24) is 20.2 Å². The van der Waals surface area contributed by atoms with Gasteiger partial charge in [-0.2, -0.15) is 0 Å². The van der Waals surface area contributed by atoms with Gasteiger partial charge in [-0.15, -0.1) is 0 Å². The quantitative estimate of drug-likeness (QED) is 0.298. The molecular formula is C19H33N5O4. The van der Waals surface area contributed by atoms with Crippen LogP contribution in [0, 0.1) is 15.5 Å². The van der Waals surface area contributed by atoms with Gasteiger partial charge in [0.2, 0.25) is 0 Å². The molecule has 0 radical (unpaired) electrons. The largest absolute Gasteiger partial charge is 0.434 e. The summed E-state index contributed by atoms with van der Waals surface area (Å²) < 4.78 is 1.24. The molecule has 0 saturated carbocycles. The van der Waals surface area contributed by atoms with Crippen LogP contribution in [-0.4, -0.2) is 50.7 Å². The van der Waals surface area contributed by atoms with E-state index in [1.807, 2.05) is 13.8 Å². The standard InChI is InChI=1S/C19H33N5O4/c1-7-19(8-2,12-21-17(3,4)14-25)13-22-18(5,6)15(26)11-23-10-9-20-16(23)24(27)28/h9-10,14,21-22H,7-8,11-13H2,1-6H3. The summed E-state index contributed by atoms with van der Waals surface area (Å²) in [6.45, 7) is 12.5. The molecule has 0 aliphatic carbocycles. The molecule has 0 aromatic carbocycles. The first-order chi connectivity index (χ1) is 12.9. The van der Waals surface area contributed by atoms with Gasteiger partial charge in [-0.25, -0.2) is 4.57 Å². The number of Topliss-reactive ketones (excluding diaryl/α,β-unsaturated/α-hetero) is 1. The van der Waals surface area contributed by atoms with E-state index in [2.05, 4.69) is 29.5 Å². The Morgan fingerprint density at radius 3 is 2.29 bits per heavy atom. The zero-order valence-electron chi connectivity index (χ0n) is 17.7. The summed E-state index contributed by atoms with van der Waals surface area (Å²) in [5.41, 5.74) is -1.60. The lowest BCUT2D eigenvalue weighted by Crippen LogP contribution is -2.55. The van der Waals surface area contributed by atoms with Crippen LogP contribution in [0.5, 0.6) is 0 Å².